The van der Waals surface area contributed by atoms with E-state index in [-0.39, 0.29) is 0 Å². The first-order valence-corrected chi connectivity index (χ1v) is 8.47. The number of hydrogen-bond donors (Lipinski definition) is 0. The molecule has 4 aliphatic rings. The van der Waals surface area contributed by atoms with E-state index in [0.717, 1.165) is 18.4 Å². The van der Waals surface area contributed by atoms with Crippen molar-refractivity contribution in [2.45, 2.75) is 32.6 Å². The largest absolute Gasteiger partial charge is 0.303 e. The Morgan fingerprint density at radius 2 is 2.22 bits per heavy atom. The molecule has 0 aromatic heterocycles. The second-order valence-corrected chi connectivity index (χ2v) is 6.88. The third-order valence-electron chi connectivity index (χ3n) is 4.55. The number of thioether (sulfide) groups is 1. The third kappa shape index (κ3) is 2.53. The normalized spacial score (nSPS) is 34.6. The molecular weight excluding hydrogens is 240 g/mol. The van der Waals surface area contributed by atoms with E-state index >= 15 is 0 Å². The van der Waals surface area contributed by atoms with E-state index in [0.29, 0.717) is 0 Å². The SMILES string of the molecule is CCCCSC1=CCN=C1C1CN2CCC1CC2. The molecule has 0 radical (unpaired) electrons. The van der Waals surface area contributed by atoms with E-state index in [2.05, 4.69) is 17.9 Å². The van der Waals surface area contributed by atoms with Crippen molar-refractivity contribution in [3.05, 3.63) is 11.0 Å². The predicted molar refractivity (Wildman–Crippen MR) is 80.4 cm³/mol. The van der Waals surface area contributed by atoms with E-state index in [1.807, 2.05) is 11.8 Å². The maximum absolute atomic E-state index is 4.81. The minimum Gasteiger partial charge on any atom is -0.303 e. The van der Waals surface area contributed by atoms with Gasteiger partial charge in [-0.05, 0) is 50.1 Å². The molecule has 2 nitrogen and oxygen atoms in total. The van der Waals surface area contributed by atoms with Gasteiger partial charge < -0.3 is 4.90 Å². The summed E-state index contributed by atoms with van der Waals surface area (Å²) in [5.41, 5.74) is 1.46. The van der Waals surface area contributed by atoms with Gasteiger partial charge in [0.2, 0.25) is 0 Å². The lowest BCUT2D eigenvalue weighted by Gasteiger charge is -2.45. The number of rotatable bonds is 5. The first kappa shape index (κ1) is 12.7. The molecule has 0 aromatic rings. The minimum absolute atomic E-state index is 0.746. The summed E-state index contributed by atoms with van der Waals surface area (Å²) < 4.78 is 0. The Labute approximate surface area is 115 Å². The van der Waals surface area contributed by atoms with Crippen LogP contribution < -0.4 is 0 Å². The topological polar surface area (TPSA) is 15.6 Å². The lowest BCUT2D eigenvalue weighted by Crippen LogP contribution is -2.50. The summed E-state index contributed by atoms with van der Waals surface area (Å²) in [5.74, 6) is 2.93. The third-order valence-corrected chi connectivity index (χ3v) is 5.73. The Morgan fingerprint density at radius 3 is 2.89 bits per heavy atom. The Kier molecular flexibility index (Phi) is 4.10. The molecule has 1 atom stereocenters. The molecule has 3 heteroatoms. The maximum Gasteiger partial charge on any atom is 0.0588 e. The van der Waals surface area contributed by atoms with Crippen molar-refractivity contribution in [3.8, 4) is 0 Å². The van der Waals surface area contributed by atoms with E-state index < -0.39 is 0 Å². The monoisotopic (exact) mass is 264 g/mol. The van der Waals surface area contributed by atoms with Gasteiger partial charge in [-0.15, -0.1) is 11.8 Å². The maximum atomic E-state index is 4.81. The molecule has 100 valence electrons. The second kappa shape index (κ2) is 5.79. The molecule has 0 amide bonds. The average molecular weight is 264 g/mol. The molecule has 0 aromatic carbocycles. The number of allylic oxidation sites excluding steroid dienone is 1. The highest BCUT2D eigenvalue weighted by molar-refractivity contribution is 8.04. The number of piperidine rings is 3. The fraction of sp³-hybridized carbons (Fsp3) is 0.800. The molecule has 18 heavy (non-hydrogen) atoms. The highest BCUT2D eigenvalue weighted by Crippen LogP contribution is 2.38. The van der Waals surface area contributed by atoms with Crippen LogP contribution in [-0.2, 0) is 0 Å². The number of hydrogen-bond acceptors (Lipinski definition) is 3. The molecule has 0 saturated carbocycles. The van der Waals surface area contributed by atoms with Crippen molar-refractivity contribution in [1.82, 2.24) is 4.90 Å². The number of nitrogens with zero attached hydrogens (tertiary/aromatic N) is 2. The van der Waals surface area contributed by atoms with Crippen molar-refractivity contribution in [3.63, 3.8) is 0 Å². The molecule has 2 bridgehead atoms. The summed E-state index contributed by atoms with van der Waals surface area (Å²) in [6.45, 7) is 7.14. The summed E-state index contributed by atoms with van der Waals surface area (Å²) in [7, 11) is 0. The average Bonchev–Trinajstić information content (AvgIpc) is 2.89. The van der Waals surface area contributed by atoms with Crippen LogP contribution >= 0.6 is 11.8 Å². The number of unbranched alkanes of at least 4 members (excludes halogenated alkanes) is 1. The van der Waals surface area contributed by atoms with Gasteiger partial charge in [0.25, 0.3) is 0 Å². The van der Waals surface area contributed by atoms with Crippen molar-refractivity contribution >= 4 is 17.5 Å². The van der Waals surface area contributed by atoms with E-state index in [1.54, 1.807) is 0 Å². The van der Waals surface area contributed by atoms with Crippen LogP contribution in [0.1, 0.15) is 32.6 Å². The summed E-state index contributed by atoms with van der Waals surface area (Å²) in [5, 5.41) is 0. The van der Waals surface area contributed by atoms with Crippen molar-refractivity contribution in [2.75, 3.05) is 31.9 Å². The first-order valence-electron chi connectivity index (χ1n) is 7.48. The molecule has 0 aliphatic carbocycles. The minimum atomic E-state index is 0.746. The first-order chi connectivity index (χ1) is 8.88. The molecule has 4 heterocycles. The molecular formula is C15H24N2S. The van der Waals surface area contributed by atoms with Gasteiger partial charge in [-0.25, -0.2) is 0 Å². The van der Waals surface area contributed by atoms with Gasteiger partial charge in [0.15, 0.2) is 0 Å². The summed E-state index contributed by atoms with van der Waals surface area (Å²) in [4.78, 5) is 8.97. The van der Waals surface area contributed by atoms with Crippen molar-refractivity contribution in [2.24, 2.45) is 16.8 Å². The fourth-order valence-corrected chi connectivity index (χ4v) is 4.65. The zero-order valence-corrected chi connectivity index (χ0v) is 12.2. The van der Waals surface area contributed by atoms with Gasteiger partial charge >= 0.3 is 0 Å². The second-order valence-electron chi connectivity index (χ2n) is 5.74. The van der Waals surface area contributed by atoms with Crippen molar-refractivity contribution in [1.29, 1.82) is 0 Å². The van der Waals surface area contributed by atoms with Crippen LogP contribution in [-0.4, -0.2) is 42.5 Å². The fourth-order valence-electron chi connectivity index (χ4n) is 3.44. The van der Waals surface area contributed by atoms with Gasteiger partial charge in [0.1, 0.15) is 0 Å². The standard InChI is InChI=1S/C15H24N2S/c1-2-3-10-18-14-4-7-16-15(14)13-11-17-8-5-12(13)6-9-17/h4,12-13H,2-3,5-11H2,1H3. The number of fused-ring (bicyclic) bond motifs is 3. The lowest BCUT2D eigenvalue weighted by molar-refractivity contribution is 0.0824. The summed E-state index contributed by atoms with van der Waals surface area (Å²) in [6, 6.07) is 0. The van der Waals surface area contributed by atoms with Crippen LogP contribution in [0.2, 0.25) is 0 Å². The molecule has 1 unspecified atom stereocenters. The molecule has 3 saturated heterocycles. The molecule has 4 rings (SSSR count). The molecule has 4 aliphatic heterocycles. The highest BCUT2D eigenvalue weighted by Gasteiger charge is 2.38. The van der Waals surface area contributed by atoms with E-state index in [1.165, 1.54) is 61.7 Å². The Morgan fingerprint density at radius 1 is 1.39 bits per heavy atom. The lowest BCUT2D eigenvalue weighted by atomic mass is 9.76. The van der Waals surface area contributed by atoms with Gasteiger partial charge in [-0.2, -0.15) is 0 Å². The smallest absolute Gasteiger partial charge is 0.0588 e. The van der Waals surface area contributed by atoms with Crippen molar-refractivity contribution < 1.29 is 0 Å². The molecule has 0 N–H and O–H groups in total. The highest BCUT2D eigenvalue weighted by atomic mass is 32.2. The van der Waals surface area contributed by atoms with Gasteiger partial charge in [-0.1, -0.05) is 13.3 Å². The van der Waals surface area contributed by atoms with Crippen LogP contribution in [0, 0.1) is 11.8 Å². The van der Waals surface area contributed by atoms with Crippen LogP contribution in [0.25, 0.3) is 0 Å². The Hall–Kier alpha value is -0.280. The quantitative estimate of drug-likeness (QED) is 0.709. The summed E-state index contributed by atoms with van der Waals surface area (Å²) >= 11 is 2.05. The van der Waals surface area contributed by atoms with Crippen LogP contribution in [0.4, 0.5) is 0 Å². The molecule has 0 spiro atoms. The van der Waals surface area contributed by atoms with E-state index in [4.69, 9.17) is 4.99 Å². The number of aliphatic imine (C=N–C) groups is 1. The van der Waals surface area contributed by atoms with Gasteiger partial charge in [0.05, 0.1) is 12.3 Å². The van der Waals surface area contributed by atoms with Crippen LogP contribution in [0.3, 0.4) is 0 Å². The summed E-state index contributed by atoms with van der Waals surface area (Å²) in [6.07, 6.45) is 7.78. The van der Waals surface area contributed by atoms with Gasteiger partial charge in [0, 0.05) is 17.4 Å². The Balaban J connectivity index is 1.63. The Bertz CT molecular complexity index is 354. The van der Waals surface area contributed by atoms with Crippen LogP contribution in [0.15, 0.2) is 16.0 Å². The zero-order valence-electron chi connectivity index (χ0n) is 11.4. The van der Waals surface area contributed by atoms with E-state index in [9.17, 15) is 0 Å². The molecule has 3 fully saturated rings. The predicted octanol–water partition coefficient (Wildman–Crippen LogP) is 3.20. The zero-order chi connectivity index (χ0) is 12.4. The van der Waals surface area contributed by atoms with Gasteiger partial charge in [-0.3, -0.25) is 4.99 Å². The van der Waals surface area contributed by atoms with Crippen LogP contribution in [0.5, 0.6) is 0 Å².